The van der Waals surface area contributed by atoms with Crippen molar-refractivity contribution in [3.63, 3.8) is 0 Å². The number of para-hydroxylation sites is 1. The molecule has 1 spiro atoms. The molecule has 12 nitrogen and oxygen atoms in total. The number of aliphatic hydroxyl groups is 1. The number of nitrogens with one attached hydrogen (secondary N) is 2. The molecule has 2 aromatic carbocycles. The highest BCUT2D eigenvalue weighted by atomic mass is 19.1. The van der Waals surface area contributed by atoms with E-state index in [-0.39, 0.29) is 59.4 Å². The van der Waals surface area contributed by atoms with Gasteiger partial charge in [0.2, 0.25) is 17.7 Å². The van der Waals surface area contributed by atoms with Crippen molar-refractivity contribution in [2.45, 2.75) is 64.3 Å². The number of halogens is 1. The van der Waals surface area contributed by atoms with Crippen molar-refractivity contribution in [1.29, 1.82) is 0 Å². The van der Waals surface area contributed by atoms with Crippen LogP contribution in [0.4, 0.5) is 10.1 Å². The molecule has 5 heterocycles. The van der Waals surface area contributed by atoms with E-state index < -0.39 is 53.2 Å². The highest BCUT2D eigenvalue weighted by Crippen LogP contribution is 2.60. The zero-order chi connectivity index (χ0) is 34.1. The molecule has 250 valence electrons. The van der Waals surface area contributed by atoms with Crippen LogP contribution >= 0.6 is 0 Å². The third kappa shape index (κ3) is 4.78. The minimum absolute atomic E-state index is 0.00862. The third-order valence-electron chi connectivity index (χ3n) is 9.39. The fraction of sp³-hybridized carbons (Fsp3) is 0.400. The van der Waals surface area contributed by atoms with Gasteiger partial charge in [0.25, 0.3) is 0 Å². The molecule has 0 radical (unpaired) electrons. The topological polar surface area (TPSA) is 166 Å². The number of ketones is 1. The minimum Gasteiger partial charge on any atom is -0.465 e. The number of carbonyl (C=O) groups is 3. The summed E-state index contributed by atoms with van der Waals surface area (Å²) < 4.78 is 39.7. The number of Topliss-reactive ketones (excluding diaryl/α,β-unsaturated/α-hetero) is 1. The predicted octanol–water partition coefficient (Wildman–Crippen LogP) is 4.70. The number of amides is 1. The maximum atomic E-state index is 16.1. The Balaban J connectivity index is 1.50. The van der Waals surface area contributed by atoms with Crippen molar-refractivity contribution in [3.05, 3.63) is 82.5 Å². The summed E-state index contributed by atoms with van der Waals surface area (Å²) in [6, 6.07) is 9.74. The molecule has 0 aliphatic carbocycles. The summed E-state index contributed by atoms with van der Waals surface area (Å²) >= 11 is 0. The number of aromatic nitrogens is 2. The molecule has 3 aliphatic heterocycles. The summed E-state index contributed by atoms with van der Waals surface area (Å²) in [7, 11) is 1.22. The summed E-state index contributed by atoms with van der Waals surface area (Å²) in [5.41, 5.74) is 0.988. The van der Waals surface area contributed by atoms with E-state index in [1.54, 1.807) is 19.9 Å². The van der Waals surface area contributed by atoms with Crippen LogP contribution in [0.25, 0.3) is 11.6 Å². The van der Waals surface area contributed by atoms with Gasteiger partial charge in [-0.15, -0.1) is 0 Å². The molecule has 5 atom stereocenters. The van der Waals surface area contributed by atoms with Gasteiger partial charge in [-0.05, 0) is 41.5 Å². The molecule has 13 heteroatoms. The molecular weight excluding hydrogens is 623 g/mol. The number of hydrogen-bond donors (Lipinski definition) is 3. The second-order valence-corrected chi connectivity index (χ2v) is 13.2. The van der Waals surface area contributed by atoms with Crippen LogP contribution in [0.3, 0.4) is 0 Å². The zero-order valence-electron chi connectivity index (χ0n) is 27.0. The van der Waals surface area contributed by atoms with Crippen molar-refractivity contribution < 1.29 is 42.2 Å². The van der Waals surface area contributed by atoms with E-state index in [1.165, 1.54) is 13.2 Å². The van der Waals surface area contributed by atoms with E-state index >= 15 is 4.39 Å². The number of hydrogen-bond acceptors (Lipinski definition) is 11. The quantitative estimate of drug-likeness (QED) is 0.236. The fourth-order valence-corrected chi connectivity index (χ4v) is 6.93. The van der Waals surface area contributed by atoms with Gasteiger partial charge in [0.05, 0.1) is 7.11 Å². The minimum atomic E-state index is -1.33. The summed E-state index contributed by atoms with van der Waals surface area (Å²) in [6.07, 6.45) is -1.26. The van der Waals surface area contributed by atoms with E-state index in [0.717, 1.165) is 12.0 Å². The Labute approximate surface area is 275 Å². The largest absolute Gasteiger partial charge is 0.465 e. The van der Waals surface area contributed by atoms with Crippen LogP contribution in [0.15, 0.2) is 51.5 Å². The van der Waals surface area contributed by atoms with Crippen LogP contribution in [-0.4, -0.2) is 52.2 Å². The molecular formula is C35H35FN4O8. The summed E-state index contributed by atoms with van der Waals surface area (Å²) in [4.78, 5) is 48.7. The number of methoxy groups -OCH3 is 1. The maximum Gasteiger partial charge on any atom is 0.360 e. The zero-order valence-corrected chi connectivity index (χ0v) is 27.0. The van der Waals surface area contributed by atoms with E-state index in [9.17, 15) is 19.5 Å². The van der Waals surface area contributed by atoms with E-state index in [0.29, 0.717) is 16.7 Å². The van der Waals surface area contributed by atoms with Gasteiger partial charge in [-0.3, -0.25) is 9.59 Å². The van der Waals surface area contributed by atoms with Crippen LogP contribution in [0, 0.1) is 23.6 Å². The summed E-state index contributed by atoms with van der Waals surface area (Å²) in [5.74, 6) is -3.66. The lowest BCUT2D eigenvalue weighted by Gasteiger charge is -2.28. The molecule has 1 amide bonds. The Bertz CT molecular complexity index is 1950. The Hall–Kier alpha value is -5.04. The van der Waals surface area contributed by atoms with Gasteiger partial charge in [0.15, 0.2) is 40.7 Å². The van der Waals surface area contributed by atoms with Crippen molar-refractivity contribution in [2.24, 2.45) is 17.8 Å². The normalized spacial score (nSPS) is 22.9. The molecule has 4 aromatic rings. The first kappa shape index (κ1) is 31.6. The van der Waals surface area contributed by atoms with Crippen molar-refractivity contribution in [2.75, 3.05) is 12.4 Å². The summed E-state index contributed by atoms with van der Waals surface area (Å²) in [5, 5.41) is 16.9. The monoisotopic (exact) mass is 658 g/mol. The number of oxazole rings is 2. The number of benzene rings is 2. The van der Waals surface area contributed by atoms with Crippen molar-refractivity contribution >= 4 is 23.3 Å². The number of nitrogens with zero attached hydrogens (tertiary/aromatic N) is 2. The SMILES string of the molecule is COC(=O)c1coc(-c2nc3oc2[C@@]24c5ccccc5NC2Oc2c(F)cc(cc24)CC(CC(=O)[C@@H](O)C(C)C)C(=O)N[C@H]3C(C)C)n1. The Morgan fingerprint density at radius 3 is 2.62 bits per heavy atom. The molecule has 3 aliphatic rings. The number of fused-ring (bicyclic) bond motifs is 4. The van der Waals surface area contributed by atoms with Crippen LogP contribution in [0.5, 0.6) is 5.75 Å². The first-order valence-corrected chi connectivity index (χ1v) is 15.9. The van der Waals surface area contributed by atoms with Gasteiger partial charge < -0.3 is 34.0 Å². The molecule has 2 unspecified atom stereocenters. The molecule has 3 N–H and O–H groups in total. The van der Waals surface area contributed by atoms with Gasteiger partial charge >= 0.3 is 5.97 Å². The van der Waals surface area contributed by atoms with Gasteiger partial charge in [-0.2, -0.15) is 0 Å². The lowest BCUT2D eigenvalue weighted by atomic mass is 9.72. The highest BCUT2D eigenvalue weighted by Gasteiger charge is 2.62. The summed E-state index contributed by atoms with van der Waals surface area (Å²) in [6.45, 7) is 7.20. The average Bonchev–Trinajstić information content (AvgIpc) is 3.83. The Kier molecular flexibility index (Phi) is 7.61. The number of anilines is 1. The number of carbonyl (C=O) groups excluding carboxylic acids is 3. The van der Waals surface area contributed by atoms with E-state index in [2.05, 4.69) is 15.6 Å². The maximum absolute atomic E-state index is 16.1. The van der Waals surface area contributed by atoms with Crippen molar-refractivity contribution in [3.8, 4) is 17.3 Å². The molecule has 7 rings (SSSR count). The number of aliphatic hydroxyl groups excluding tert-OH is 1. The van der Waals surface area contributed by atoms with E-state index in [1.807, 2.05) is 38.1 Å². The standard InChI is InChI=1S/C35H35FN4O8/c1-15(2)25-32-40-26(31-37-23(14-46-31)33(44)45-5)29(48-32)35-19-8-6-7-9-22(19)38-34(35)47-28-20(35)11-17(12-21(28)36)10-18(30(43)39-25)13-24(41)27(42)16(3)4/h6-9,11-12,14-16,18,25,27,34,38,42H,10,13H2,1-5H3,(H,39,43)/t18?,25-,27-,34?,35-/m0/s1. The Morgan fingerprint density at radius 1 is 1.12 bits per heavy atom. The fourth-order valence-electron chi connectivity index (χ4n) is 6.93. The molecule has 2 aromatic heterocycles. The molecule has 0 fully saturated rings. The van der Waals surface area contributed by atoms with Crippen molar-refractivity contribution in [1.82, 2.24) is 15.3 Å². The highest BCUT2D eigenvalue weighted by molar-refractivity contribution is 5.90. The lowest BCUT2D eigenvalue weighted by molar-refractivity contribution is -0.135. The van der Waals surface area contributed by atoms with Crippen LogP contribution in [0.2, 0.25) is 0 Å². The first-order chi connectivity index (χ1) is 22.9. The third-order valence-corrected chi connectivity index (χ3v) is 9.39. The number of ether oxygens (including phenoxy) is 2. The van der Waals surface area contributed by atoms with Gasteiger partial charge in [-0.25, -0.2) is 19.2 Å². The molecule has 4 bridgehead atoms. The second kappa shape index (κ2) is 11.6. The number of rotatable bonds is 7. The lowest BCUT2D eigenvalue weighted by Crippen LogP contribution is -2.41. The van der Waals surface area contributed by atoms with Gasteiger partial charge in [0, 0.05) is 23.6 Å². The Morgan fingerprint density at radius 2 is 1.90 bits per heavy atom. The first-order valence-electron chi connectivity index (χ1n) is 15.9. The number of esters is 1. The molecule has 0 saturated carbocycles. The average molecular weight is 659 g/mol. The second-order valence-electron chi connectivity index (χ2n) is 13.2. The van der Waals surface area contributed by atoms with Crippen LogP contribution < -0.4 is 15.4 Å². The van der Waals surface area contributed by atoms with Crippen LogP contribution in [-0.2, 0) is 26.2 Å². The molecule has 0 saturated heterocycles. The van der Waals surface area contributed by atoms with E-state index in [4.69, 9.17) is 23.3 Å². The van der Waals surface area contributed by atoms with Crippen LogP contribution in [0.1, 0.15) is 79.0 Å². The van der Waals surface area contributed by atoms with Gasteiger partial charge in [0.1, 0.15) is 23.8 Å². The molecule has 48 heavy (non-hydrogen) atoms. The smallest absolute Gasteiger partial charge is 0.360 e. The predicted molar refractivity (Wildman–Crippen MR) is 167 cm³/mol. The van der Waals surface area contributed by atoms with Gasteiger partial charge in [-0.1, -0.05) is 52.0 Å².